The zero-order chi connectivity index (χ0) is 13.2. The molecule has 0 spiro atoms. The Kier molecular flexibility index (Phi) is 4.35. The Labute approximate surface area is 114 Å². The van der Waals surface area contributed by atoms with E-state index in [0.29, 0.717) is 23.9 Å². The van der Waals surface area contributed by atoms with Gasteiger partial charge in [-0.15, -0.1) is 11.8 Å². The fraction of sp³-hybridized carbons (Fsp3) is 0.538. The Balaban J connectivity index is 2.23. The number of sulfonamides is 1. The maximum Gasteiger partial charge on any atom is 0.243 e. The molecule has 0 saturated carbocycles. The zero-order valence-electron chi connectivity index (χ0n) is 10.8. The zero-order valence-corrected chi connectivity index (χ0v) is 12.4. The van der Waals surface area contributed by atoms with E-state index < -0.39 is 10.0 Å². The fourth-order valence-electron chi connectivity index (χ4n) is 2.26. The second-order valence-corrected chi connectivity index (χ2v) is 7.60. The lowest BCUT2D eigenvalue weighted by molar-refractivity contribution is 0.281. The van der Waals surface area contributed by atoms with E-state index in [4.69, 9.17) is 0 Å². The Morgan fingerprint density at radius 2 is 1.94 bits per heavy atom. The minimum Gasteiger partial charge on any atom is -0.207 e. The number of hydrogen-bond donors (Lipinski definition) is 0. The van der Waals surface area contributed by atoms with Gasteiger partial charge in [-0.05, 0) is 49.3 Å². The van der Waals surface area contributed by atoms with Crippen LogP contribution in [0.15, 0.2) is 34.1 Å². The molecule has 1 heterocycles. The minimum absolute atomic E-state index is 0.411. The highest BCUT2D eigenvalue weighted by Gasteiger charge is 2.28. The van der Waals surface area contributed by atoms with Crippen LogP contribution in [0.5, 0.6) is 0 Å². The second kappa shape index (κ2) is 5.63. The molecular weight excluding hydrogens is 266 g/mol. The van der Waals surface area contributed by atoms with Crippen LogP contribution in [0.2, 0.25) is 0 Å². The van der Waals surface area contributed by atoms with Crippen molar-refractivity contribution in [2.24, 2.45) is 5.92 Å². The summed E-state index contributed by atoms with van der Waals surface area (Å²) < 4.78 is 26.5. The summed E-state index contributed by atoms with van der Waals surface area (Å²) >= 11 is 1.62. The molecule has 3 nitrogen and oxygen atoms in total. The number of nitrogens with zero attached hydrogens (tertiary/aromatic N) is 1. The molecule has 1 aliphatic heterocycles. The smallest absolute Gasteiger partial charge is 0.207 e. The average molecular weight is 285 g/mol. The SMILES string of the molecule is CSc1ccc(S(=O)(=O)N2CCCC(C)C2)cc1. The van der Waals surface area contributed by atoms with Gasteiger partial charge in [0.05, 0.1) is 4.90 Å². The van der Waals surface area contributed by atoms with Gasteiger partial charge in [0, 0.05) is 18.0 Å². The Morgan fingerprint density at radius 3 is 2.50 bits per heavy atom. The van der Waals surface area contributed by atoms with Crippen LogP contribution in [0.4, 0.5) is 0 Å². The number of thioether (sulfide) groups is 1. The predicted molar refractivity (Wildman–Crippen MR) is 75.4 cm³/mol. The van der Waals surface area contributed by atoms with Crippen LogP contribution in [-0.2, 0) is 10.0 Å². The summed E-state index contributed by atoms with van der Waals surface area (Å²) in [5, 5.41) is 0. The minimum atomic E-state index is -3.30. The van der Waals surface area contributed by atoms with Gasteiger partial charge >= 0.3 is 0 Å². The number of hydrogen-bond acceptors (Lipinski definition) is 3. The average Bonchev–Trinajstić information content (AvgIpc) is 2.39. The first-order chi connectivity index (χ1) is 8.54. The molecule has 18 heavy (non-hydrogen) atoms. The lowest BCUT2D eigenvalue weighted by Gasteiger charge is -2.30. The van der Waals surface area contributed by atoms with Crippen LogP contribution in [0.1, 0.15) is 19.8 Å². The predicted octanol–water partition coefficient (Wildman–Crippen LogP) is 2.83. The van der Waals surface area contributed by atoms with Gasteiger partial charge in [0.1, 0.15) is 0 Å². The molecule has 1 atom stereocenters. The number of rotatable bonds is 3. The van der Waals surface area contributed by atoms with Gasteiger partial charge in [-0.2, -0.15) is 4.31 Å². The molecule has 1 unspecified atom stereocenters. The summed E-state index contributed by atoms with van der Waals surface area (Å²) in [7, 11) is -3.30. The van der Waals surface area contributed by atoms with E-state index >= 15 is 0 Å². The van der Waals surface area contributed by atoms with Crippen molar-refractivity contribution < 1.29 is 8.42 Å². The van der Waals surface area contributed by atoms with Gasteiger partial charge in [-0.25, -0.2) is 8.42 Å². The molecule has 0 N–H and O–H groups in total. The van der Waals surface area contributed by atoms with Crippen LogP contribution in [0, 0.1) is 5.92 Å². The van der Waals surface area contributed by atoms with Crippen molar-refractivity contribution in [1.82, 2.24) is 4.31 Å². The molecule has 1 fully saturated rings. The van der Waals surface area contributed by atoms with Gasteiger partial charge < -0.3 is 0 Å². The molecule has 1 aliphatic rings. The summed E-state index contributed by atoms with van der Waals surface area (Å²) in [6, 6.07) is 7.15. The largest absolute Gasteiger partial charge is 0.243 e. The van der Waals surface area contributed by atoms with E-state index in [9.17, 15) is 8.42 Å². The molecule has 0 bridgehead atoms. The van der Waals surface area contributed by atoms with Gasteiger partial charge in [-0.3, -0.25) is 0 Å². The third-order valence-electron chi connectivity index (χ3n) is 3.32. The van der Waals surface area contributed by atoms with E-state index in [1.807, 2.05) is 18.4 Å². The fourth-order valence-corrected chi connectivity index (χ4v) is 4.27. The van der Waals surface area contributed by atoms with Gasteiger partial charge in [0.25, 0.3) is 0 Å². The van der Waals surface area contributed by atoms with Crippen LogP contribution in [0.3, 0.4) is 0 Å². The van der Waals surface area contributed by atoms with E-state index in [2.05, 4.69) is 6.92 Å². The first kappa shape index (κ1) is 13.9. The lowest BCUT2D eigenvalue weighted by Crippen LogP contribution is -2.39. The van der Waals surface area contributed by atoms with Crippen LogP contribution >= 0.6 is 11.8 Å². The van der Waals surface area contributed by atoms with Crippen molar-refractivity contribution >= 4 is 21.8 Å². The first-order valence-corrected chi connectivity index (χ1v) is 8.84. The number of piperidine rings is 1. The normalized spacial score (nSPS) is 22.0. The summed E-state index contributed by atoms with van der Waals surface area (Å²) in [4.78, 5) is 1.50. The molecule has 0 amide bonds. The Hall–Kier alpha value is -0.520. The first-order valence-electron chi connectivity index (χ1n) is 6.18. The second-order valence-electron chi connectivity index (χ2n) is 4.79. The highest BCUT2D eigenvalue weighted by molar-refractivity contribution is 7.98. The Morgan fingerprint density at radius 1 is 1.28 bits per heavy atom. The molecule has 1 saturated heterocycles. The maximum atomic E-state index is 12.5. The molecule has 0 radical (unpaired) electrons. The number of benzene rings is 1. The monoisotopic (exact) mass is 285 g/mol. The van der Waals surface area contributed by atoms with Gasteiger partial charge in [0.2, 0.25) is 10.0 Å². The van der Waals surface area contributed by atoms with E-state index in [1.54, 1.807) is 28.2 Å². The molecule has 5 heteroatoms. The third-order valence-corrected chi connectivity index (χ3v) is 5.94. The summed E-state index contributed by atoms with van der Waals surface area (Å²) in [6.45, 7) is 3.40. The van der Waals surface area contributed by atoms with Crippen molar-refractivity contribution in [2.45, 2.75) is 29.6 Å². The van der Waals surface area contributed by atoms with Crippen LogP contribution in [0.25, 0.3) is 0 Å². The van der Waals surface area contributed by atoms with E-state index in [0.717, 1.165) is 17.7 Å². The van der Waals surface area contributed by atoms with Crippen molar-refractivity contribution in [3.8, 4) is 0 Å². The highest BCUT2D eigenvalue weighted by Crippen LogP contribution is 2.24. The van der Waals surface area contributed by atoms with Crippen molar-refractivity contribution in [2.75, 3.05) is 19.3 Å². The van der Waals surface area contributed by atoms with Crippen molar-refractivity contribution in [3.05, 3.63) is 24.3 Å². The molecule has 1 aromatic carbocycles. The topological polar surface area (TPSA) is 37.4 Å². The Bertz CT molecular complexity index is 496. The van der Waals surface area contributed by atoms with Crippen molar-refractivity contribution in [1.29, 1.82) is 0 Å². The van der Waals surface area contributed by atoms with Gasteiger partial charge in [-0.1, -0.05) is 6.92 Å². The standard InChI is InChI=1S/C13H19NO2S2/c1-11-4-3-9-14(10-11)18(15,16)13-7-5-12(17-2)6-8-13/h5-8,11H,3-4,9-10H2,1-2H3. The third kappa shape index (κ3) is 2.90. The summed E-state index contributed by atoms with van der Waals surface area (Å²) in [5.74, 6) is 0.457. The lowest BCUT2D eigenvalue weighted by atomic mass is 10.0. The molecule has 0 aromatic heterocycles. The van der Waals surface area contributed by atoms with Crippen LogP contribution in [-0.4, -0.2) is 32.1 Å². The van der Waals surface area contributed by atoms with Crippen molar-refractivity contribution in [3.63, 3.8) is 0 Å². The van der Waals surface area contributed by atoms with E-state index in [-0.39, 0.29) is 0 Å². The highest BCUT2D eigenvalue weighted by atomic mass is 32.2. The molecular formula is C13H19NO2S2. The van der Waals surface area contributed by atoms with E-state index in [1.165, 1.54) is 0 Å². The molecule has 0 aliphatic carbocycles. The molecule has 1 aromatic rings. The maximum absolute atomic E-state index is 12.5. The summed E-state index contributed by atoms with van der Waals surface area (Å²) in [5.41, 5.74) is 0. The van der Waals surface area contributed by atoms with Gasteiger partial charge in [0.15, 0.2) is 0 Å². The molecule has 100 valence electrons. The van der Waals surface area contributed by atoms with Crippen LogP contribution < -0.4 is 0 Å². The quantitative estimate of drug-likeness (QED) is 0.801. The molecule has 2 rings (SSSR count). The summed E-state index contributed by atoms with van der Waals surface area (Å²) in [6.07, 6.45) is 4.07.